The zero-order chi connectivity index (χ0) is 2.71. The van der Waals surface area contributed by atoms with Gasteiger partial charge in [0.15, 0.2) is 0 Å². The highest BCUT2D eigenvalue weighted by atomic mass is 16.4. The van der Waals surface area contributed by atoms with Gasteiger partial charge < -0.3 is 4.74 Å². The van der Waals surface area contributed by atoms with Crippen LogP contribution >= 0.6 is 0 Å². The van der Waals surface area contributed by atoms with E-state index in [4.69, 9.17) is 0 Å². The van der Waals surface area contributed by atoms with Gasteiger partial charge in [0.25, 0.3) is 0 Å². The van der Waals surface area contributed by atoms with Gasteiger partial charge in [0.05, 0.1) is 0 Å². The summed E-state index contributed by atoms with van der Waals surface area (Å²) in [5, 5.41) is 0. The smallest absolute Gasteiger partial charge is 0.0351 e. The summed E-state index contributed by atoms with van der Waals surface area (Å²) in [5.41, 5.74) is 0. The molecule has 4 heavy (non-hydrogen) atoms. The van der Waals surface area contributed by atoms with E-state index in [2.05, 4.69) is 4.74 Å². The lowest BCUT2D eigenvalue weighted by atomic mass is 11.6. The van der Waals surface area contributed by atoms with Crippen molar-refractivity contribution in [2.24, 2.45) is 0 Å². The molecule has 0 unspecified atom stereocenters. The van der Waals surface area contributed by atoms with Gasteiger partial charge in [-0.25, -0.2) is 0 Å². The summed E-state index contributed by atoms with van der Waals surface area (Å²) in [6.45, 7) is 0. The molecular formula is C3H9O. The van der Waals surface area contributed by atoms with Crippen LogP contribution in [0, 0.1) is 7.43 Å². The second kappa shape index (κ2) is 12.3. The largest absolute Gasteiger partial charge is 0.388 e. The summed E-state index contributed by atoms with van der Waals surface area (Å²) in [7, 11) is 3.25. The molecule has 0 saturated heterocycles. The van der Waals surface area contributed by atoms with Crippen LogP contribution < -0.4 is 0 Å². The molecule has 1 heteroatoms. The average molecular weight is 61.1 g/mol. The van der Waals surface area contributed by atoms with Crippen molar-refractivity contribution >= 4 is 0 Å². The minimum absolute atomic E-state index is 0. The second-order valence-corrected chi connectivity index (χ2v) is 0.408. The van der Waals surface area contributed by atoms with Gasteiger partial charge in [-0.1, -0.05) is 7.43 Å². The molecule has 0 aromatic carbocycles. The van der Waals surface area contributed by atoms with E-state index >= 15 is 0 Å². The van der Waals surface area contributed by atoms with Gasteiger partial charge >= 0.3 is 0 Å². The Kier molecular flexibility index (Phi) is 27.9. The first-order valence-electron chi connectivity index (χ1n) is 0.816. The van der Waals surface area contributed by atoms with Crippen molar-refractivity contribution in [3.63, 3.8) is 0 Å². The van der Waals surface area contributed by atoms with Crippen molar-refractivity contribution in [1.29, 1.82) is 0 Å². The molecule has 0 bridgehead atoms. The molecule has 0 heterocycles. The second-order valence-electron chi connectivity index (χ2n) is 0.408. The third-order valence-electron chi connectivity index (χ3n) is 0. The first kappa shape index (κ1) is 9.03. The highest BCUT2D eigenvalue weighted by molar-refractivity contribution is 3.56. The third-order valence-corrected chi connectivity index (χ3v) is 0. The Morgan fingerprint density at radius 1 is 1.25 bits per heavy atom. The van der Waals surface area contributed by atoms with Crippen LogP contribution in [0.15, 0.2) is 0 Å². The Morgan fingerprint density at radius 2 is 1.25 bits per heavy atom. The fourth-order valence-corrected chi connectivity index (χ4v) is 0. The van der Waals surface area contributed by atoms with E-state index < -0.39 is 0 Å². The highest BCUT2D eigenvalue weighted by Gasteiger charge is 1.25. The van der Waals surface area contributed by atoms with E-state index in [1.807, 2.05) is 0 Å². The summed E-state index contributed by atoms with van der Waals surface area (Å²) in [5.74, 6) is 0. The normalized spacial score (nSPS) is 4.50. The Balaban J connectivity index is 0. The van der Waals surface area contributed by atoms with Gasteiger partial charge in [-0.2, -0.15) is 0 Å². The Bertz CT molecular complexity index is 3.25. The highest BCUT2D eigenvalue weighted by Crippen LogP contribution is 1.28. The minimum atomic E-state index is 0. The first-order chi connectivity index (χ1) is 1.41. The number of hydrogen-bond acceptors (Lipinski definition) is 1. The molecule has 0 aliphatic heterocycles. The van der Waals surface area contributed by atoms with Crippen LogP contribution in [-0.4, -0.2) is 14.2 Å². The summed E-state index contributed by atoms with van der Waals surface area (Å²) >= 11 is 0. The number of hydrogen-bond donors (Lipinski definition) is 0. The van der Waals surface area contributed by atoms with E-state index in [0.717, 1.165) is 0 Å². The van der Waals surface area contributed by atoms with Gasteiger partial charge in [0.1, 0.15) is 0 Å². The monoisotopic (exact) mass is 61.1 g/mol. The topological polar surface area (TPSA) is 9.23 Å². The molecule has 0 rings (SSSR count). The summed E-state index contributed by atoms with van der Waals surface area (Å²) in [6, 6.07) is 0. The first-order valence-corrected chi connectivity index (χ1v) is 0.816. The predicted molar refractivity (Wildman–Crippen MR) is 19.3 cm³/mol. The van der Waals surface area contributed by atoms with Crippen LogP contribution in [0.3, 0.4) is 0 Å². The molecule has 0 aliphatic carbocycles. The van der Waals surface area contributed by atoms with Crippen molar-refractivity contribution in [3.05, 3.63) is 7.43 Å². The lowest BCUT2D eigenvalue weighted by molar-refractivity contribution is 0.277. The van der Waals surface area contributed by atoms with Gasteiger partial charge in [0.2, 0.25) is 0 Å². The van der Waals surface area contributed by atoms with E-state index in [0.29, 0.717) is 0 Å². The predicted octanol–water partition coefficient (Wildman–Crippen LogP) is 0.713. The molecule has 0 aliphatic rings. The molecule has 0 atom stereocenters. The molecule has 1 radical (unpaired) electrons. The lowest BCUT2D eigenvalue weighted by Crippen LogP contribution is -1.55. The van der Waals surface area contributed by atoms with E-state index in [1.165, 1.54) is 0 Å². The standard InChI is InChI=1S/C2H6O.CH3/c1-3-2;/h1-2H3;1H3. The Morgan fingerprint density at radius 3 is 1.25 bits per heavy atom. The minimum Gasteiger partial charge on any atom is -0.388 e. The van der Waals surface area contributed by atoms with Gasteiger partial charge in [-0.3, -0.25) is 0 Å². The molecule has 0 amide bonds. The molecule has 0 spiro atoms. The van der Waals surface area contributed by atoms with Crippen LogP contribution in [0.4, 0.5) is 0 Å². The summed E-state index contributed by atoms with van der Waals surface area (Å²) in [4.78, 5) is 0. The molecule has 1 nitrogen and oxygen atoms in total. The van der Waals surface area contributed by atoms with Crippen molar-refractivity contribution in [2.45, 2.75) is 0 Å². The van der Waals surface area contributed by atoms with Gasteiger partial charge in [-0.15, -0.1) is 0 Å². The van der Waals surface area contributed by atoms with Crippen molar-refractivity contribution < 1.29 is 4.74 Å². The quantitative estimate of drug-likeness (QED) is 0.401. The van der Waals surface area contributed by atoms with Crippen LogP contribution in [0.25, 0.3) is 0 Å². The molecule has 0 saturated carbocycles. The fraction of sp³-hybridized carbons (Fsp3) is 0.667. The third kappa shape index (κ3) is 1130. The number of methoxy groups -OCH3 is 1. The van der Waals surface area contributed by atoms with E-state index in [-0.39, 0.29) is 7.43 Å². The number of rotatable bonds is 0. The summed E-state index contributed by atoms with van der Waals surface area (Å²) in [6.07, 6.45) is 0. The molecule has 0 fully saturated rings. The van der Waals surface area contributed by atoms with Gasteiger partial charge in [-0.05, 0) is 0 Å². The van der Waals surface area contributed by atoms with Gasteiger partial charge in [0, 0.05) is 14.2 Å². The molecular weight excluding hydrogens is 52.0 g/mol. The molecule has 0 N–H and O–H groups in total. The van der Waals surface area contributed by atoms with Crippen molar-refractivity contribution in [1.82, 2.24) is 0 Å². The van der Waals surface area contributed by atoms with Crippen LogP contribution in [-0.2, 0) is 4.74 Å². The molecule has 27 valence electrons. The maximum atomic E-state index is 4.25. The summed E-state index contributed by atoms with van der Waals surface area (Å²) < 4.78 is 4.25. The SMILES string of the molecule is COC.[CH3]. The molecule has 0 aromatic rings. The van der Waals surface area contributed by atoms with E-state index in [9.17, 15) is 0 Å². The zero-order valence-electron chi connectivity index (χ0n) is 3.41. The van der Waals surface area contributed by atoms with E-state index in [1.54, 1.807) is 14.2 Å². The number of ether oxygens (including phenoxy) is 1. The maximum Gasteiger partial charge on any atom is 0.0351 e. The van der Waals surface area contributed by atoms with Crippen LogP contribution in [0.2, 0.25) is 0 Å². The lowest BCUT2D eigenvalue weighted by Gasteiger charge is -1.61. The van der Waals surface area contributed by atoms with Crippen LogP contribution in [0.5, 0.6) is 0 Å². The average Bonchev–Trinajstić information content (AvgIpc) is 0.918. The molecule has 0 aromatic heterocycles. The van der Waals surface area contributed by atoms with Crippen LogP contribution in [0.1, 0.15) is 0 Å². The Hall–Kier alpha value is -0.0400. The maximum absolute atomic E-state index is 4.25. The van der Waals surface area contributed by atoms with Crippen molar-refractivity contribution in [2.75, 3.05) is 14.2 Å². The zero-order valence-corrected chi connectivity index (χ0v) is 3.41. The fourth-order valence-electron chi connectivity index (χ4n) is 0. The Labute approximate surface area is 27.6 Å². The van der Waals surface area contributed by atoms with Crippen molar-refractivity contribution in [3.8, 4) is 0 Å².